The van der Waals surface area contributed by atoms with Crippen LogP contribution in [0.3, 0.4) is 0 Å². The highest BCUT2D eigenvalue weighted by Crippen LogP contribution is 2.22. The number of nitrogens with one attached hydrogen (secondary N) is 1. The van der Waals surface area contributed by atoms with Crippen LogP contribution in [0, 0.1) is 12.8 Å². The summed E-state index contributed by atoms with van der Waals surface area (Å²) >= 11 is 0. The Morgan fingerprint density at radius 1 is 0.871 bits per heavy atom. The van der Waals surface area contributed by atoms with E-state index in [0.717, 1.165) is 22.4 Å². The first-order valence-corrected chi connectivity index (χ1v) is 10.7. The summed E-state index contributed by atoms with van der Waals surface area (Å²) in [5.41, 5.74) is 4.61. The number of aryl methyl sites for hydroxylation is 1. The molecule has 0 radical (unpaired) electrons. The molecule has 0 aromatic heterocycles. The number of hydrogen-bond donors (Lipinski definition) is 1. The summed E-state index contributed by atoms with van der Waals surface area (Å²) in [6.45, 7) is 7.34. The first kappa shape index (κ1) is 22.3. The van der Waals surface area contributed by atoms with E-state index in [1.165, 1.54) is 0 Å². The second kappa shape index (κ2) is 10.6. The normalized spacial score (nSPS) is 10.7. The van der Waals surface area contributed by atoms with Crippen LogP contribution in [0.25, 0.3) is 0 Å². The van der Waals surface area contributed by atoms with Gasteiger partial charge in [-0.15, -0.1) is 0 Å². The van der Waals surface area contributed by atoms with Crippen molar-refractivity contribution in [2.24, 2.45) is 5.92 Å². The highest BCUT2D eigenvalue weighted by atomic mass is 16.2. The molecule has 3 aromatic carbocycles. The van der Waals surface area contributed by atoms with Crippen molar-refractivity contribution < 1.29 is 9.59 Å². The van der Waals surface area contributed by atoms with Crippen LogP contribution >= 0.6 is 0 Å². The van der Waals surface area contributed by atoms with Crippen LogP contribution in [-0.4, -0.2) is 18.4 Å². The first-order chi connectivity index (χ1) is 14.9. The number of anilines is 1. The standard InChI is InChI=1S/C27H30N2O2/c1-20(2)18-28-26(30)17-22-12-14-25(15-13-22)29(19-23-9-7-8-21(3)16-23)27(31)24-10-5-4-6-11-24/h4-16,20H,17-19H2,1-3H3,(H,28,30). The molecule has 0 bridgehead atoms. The van der Waals surface area contributed by atoms with Crippen molar-refractivity contribution in [3.63, 3.8) is 0 Å². The molecule has 0 aliphatic rings. The smallest absolute Gasteiger partial charge is 0.258 e. The van der Waals surface area contributed by atoms with Gasteiger partial charge in [-0.25, -0.2) is 0 Å². The summed E-state index contributed by atoms with van der Waals surface area (Å²) < 4.78 is 0. The molecular weight excluding hydrogens is 384 g/mol. The van der Waals surface area contributed by atoms with Crippen LogP contribution in [-0.2, 0) is 17.8 Å². The minimum absolute atomic E-state index is 0.0124. The van der Waals surface area contributed by atoms with E-state index in [0.29, 0.717) is 31.0 Å². The van der Waals surface area contributed by atoms with Crippen LogP contribution in [0.4, 0.5) is 5.69 Å². The minimum atomic E-state index is -0.0514. The quantitative estimate of drug-likeness (QED) is 0.554. The van der Waals surface area contributed by atoms with Gasteiger partial charge in [-0.2, -0.15) is 0 Å². The monoisotopic (exact) mass is 414 g/mol. The fraction of sp³-hybridized carbons (Fsp3) is 0.259. The molecule has 31 heavy (non-hydrogen) atoms. The Hall–Kier alpha value is -3.40. The van der Waals surface area contributed by atoms with Gasteiger partial charge in [0.15, 0.2) is 0 Å². The maximum Gasteiger partial charge on any atom is 0.258 e. The van der Waals surface area contributed by atoms with Gasteiger partial charge < -0.3 is 10.2 Å². The molecule has 0 saturated carbocycles. The third-order valence-electron chi connectivity index (χ3n) is 5.01. The molecule has 2 amide bonds. The van der Waals surface area contributed by atoms with Crippen molar-refractivity contribution in [3.05, 3.63) is 101 Å². The maximum absolute atomic E-state index is 13.3. The molecule has 3 aromatic rings. The molecule has 4 heteroatoms. The topological polar surface area (TPSA) is 49.4 Å². The second-order valence-electron chi connectivity index (χ2n) is 8.29. The van der Waals surface area contributed by atoms with E-state index in [4.69, 9.17) is 0 Å². The highest BCUT2D eigenvalue weighted by Gasteiger charge is 2.18. The molecule has 0 saturated heterocycles. The maximum atomic E-state index is 13.3. The Morgan fingerprint density at radius 2 is 1.58 bits per heavy atom. The molecule has 0 fully saturated rings. The van der Waals surface area contributed by atoms with E-state index >= 15 is 0 Å². The van der Waals surface area contributed by atoms with Crippen molar-refractivity contribution >= 4 is 17.5 Å². The summed E-state index contributed by atoms with van der Waals surface area (Å²) in [5, 5.41) is 2.94. The number of carbonyl (C=O) groups excluding carboxylic acids is 2. The van der Waals surface area contributed by atoms with Crippen molar-refractivity contribution in [1.29, 1.82) is 0 Å². The van der Waals surface area contributed by atoms with Crippen molar-refractivity contribution in [2.45, 2.75) is 33.7 Å². The van der Waals surface area contributed by atoms with Crippen LogP contribution < -0.4 is 10.2 Å². The molecule has 4 nitrogen and oxygen atoms in total. The fourth-order valence-electron chi connectivity index (χ4n) is 3.37. The van der Waals surface area contributed by atoms with Gasteiger partial charge in [0.05, 0.1) is 13.0 Å². The summed E-state index contributed by atoms with van der Waals surface area (Å²) in [4.78, 5) is 27.2. The van der Waals surface area contributed by atoms with Gasteiger partial charge in [-0.05, 0) is 48.2 Å². The average molecular weight is 415 g/mol. The lowest BCUT2D eigenvalue weighted by atomic mass is 10.1. The largest absolute Gasteiger partial charge is 0.356 e. The van der Waals surface area contributed by atoms with Gasteiger partial charge in [0.2, 0.25) is 5.91 Å². The lowest BCUT2D eigenvalue weighted by Gasteiger charge is -2.24. The van der Waals surface area contributed by atoms with Gasteiger partial charge in [-0.1, -0.05) is 74.0 Å². The van der Waals surface area contributed by atoms with E-state index in [1.807, 2.05) is 79.7 Å². The van der Waals surface area contributed by atoms with E-state index in [2.05, 4.69) is 25.2 Å². The molecule has 0 spiro atoms. The zero-order valence-corrected chi connectivity index (χ0v) is 18.5. The third-order valence-corrected chi connectivity index (χ3v) is 5.01. The Morgan fingerprint density at radius 3 is 2.23 bits per heavy atom. The number of hydrogen-bond acceptors (Lipinski definition) is 2. The zero-order valence-electron chi connectivity index (χ0n) is 18.5. The number of amides is 2. The minimum Gasteiger partial charge on any atom is -0.356 e. The van der Waals surface area contributed by atoms with Gasteiger partial charge in [0.25, 0.3) is 5.91 Å². The number of benzene rings is 3. The number of carbonyl (C=O) groups is 2. The summed E-state index contributed by atoms with van der Waals surface area (Å²) in [5.74, 6) is 0.383. The molecular formula is C27H30N2O2. The summed E-state index contributed by atoms with van der Waals surface area (Å²) in [6.07, 6.45) is 0.331. The van der Waals surface area contributed by atoms with E-state index < -0.39 is 0 Å². The zero-order chi connectivity index (χ0) is 22.2. The average Bonchev–Trinajstić information content (AvgIpc) is 2.77. The molecule has 0 atom stereocenters. The molecule has 3 rings (SSSR count). The van der Waals surface area contributed by atoms with Crippen LogP contribution in [0.5, 0.6) is 0 Å². The molecule has 160 valence electrons. The van der Waals surface area contributed by atoms with Crippen LogP contribution in [0.2, 0.25) is 0 Å². The predicted octanol–water partition coefficient (Wildman–Crippen LogP) is 5.16. The first-order valence-electron chi connectivity index (χ1n) is 10.7. The van der Waals surface area contributed by atoms with Gasteiger partial charge in [-0.3, -0.25) is 9.59 Å². The van der Waals surface area contributed by atoms with Crippen molar-refractivity contribution in [3.8, 4) is 0 Å². The Kier molecular flexibility index (Phi) is 7.60. The summed E-state index contributed by atoms with van der Waals surface area (Å²) in [6, 6.07) is 25.2. The highest BCUT2D eigenvalue weighted by molar-refractivity contribution is 6.06. The van der Waals surface area contributed by atoms with Crippen molar-refractivity contribution in [1.82, 2.24) is 5.32 Å². The molecule has 1 N–H and O–H groups in total. The van der Waals surface area contributed by atoms with Crippen LogP contribution in [0.15, 0.2) is 78.9 Å². The molecule has 0 aliphatic carbocycles. The Labute approximate surface area is 184 Å². The predicted molar refractivity (Wildman–Crippen MR) is 126 cm³/mol. The Bertz CT molecular complexity index is 1010. The van der Waals surface area contributed by atoms with E-state index in [9.17, 15) is 9.59 Å². The fourth-order valence-corrected chi connectivity index (χ4v) is 3.37. The van der Waals surface area contributed by atoms with E-state index in [-0.39, 0.29) is 11.8 Å². The van der Waals surface area contributed by atoms with Gasteiger partial charge in [0, 0.05) is 17.8 Å². The lowest BCUT2D eigenvalue weighted by Crippen LogP contribution is -2.30. The van der Waals surface area contributed by atoms with Gasteiger partial charge in [0.1, 0.15) is 0 Å². The van der Waals surface area contributed by atoms with Gasteiger partial charge >= 0.3 is 0 Å². The third kappa shape index (κ3) is 6.54. The molecule has 0 heterocycles. The van der Waals surface area contributed by atoms with Crippen LogP contribution in [0.1, 0.15) is 40.9 Å². The number of rotatable bonds is 8. The summed E-state index contributed by atoms with van der Waals surface area (Å²) in [7, 11) is 0. The Balaban J connectivity index is 1.81. The van der Waals surface area contributed by atoms with Crippen molar-refractivity contribution in [2.75, 3.05) is 11.4 Å². The van der Waals surface area contributed by atoms with E-state index in [1.54, 1.807) is 4.90 Å². The molecule has 0 aliphatic heterocycles. The SMILES string of the molecule is Cc1cccc(CN(C(=O)c2ccccc2)c2ccc(CC(=O)NCC(C)C)cc2)c1. The number of nitrogens with zero attached hydrogens (tertiary/aromatic N) is 1. The lowest BCUT2D eigenvalue weighted by molar-refractivity contribution is -0.120. The second-order valence-corrected chi connectivity index (χ2v) is 8.29. The molecule has 0 unspecified atom stereocenters.